The van der Waals surface area contributed by atoms with Crippen LogP contribution in [-0.4, -0.2) is 38.1 Å². The molecule has 0 unspecified atom stereocenters. The molecule has 192 valence electrons. The van der Waals surface area contributed by atoms with E-state index in [0.717, 1.165) is 17.4 Å². The number of ether oxygens (including phenoxy) is 2. The van der Waals surface area contributed by atoms with Crippen molar-refractivity contribution in [2.75, 3.05) is 23.9 Å². The summed E-state index contributed by atoms with van der Waals surface area (Å²) in [7, 11) is -3.39. The Kier molecular flexibility index (Phi) is 7.46. The van der Waals surface area contributed by atoms with Crippen molar-refractivity contribution in [3.63, 3.8) is 0 Å². The number of nitrogens with one attached hydrogen (secondary N) is 1. The standard InChI is InChI=1S/C26H25N3O6S2/c1-4-34-26(31)20-12-28-24(27)22-17(14-36-23(20)22)13-35-21-9-8-16(10-15(21)2)25(30)29-18-6-5-7-19(11-18)37(3,32)33/h5-12,14H,4,13H2,1-3H3,(H2,27,28)(H,29,30). The lowest BCUT2D eigenvalue weighted by atomic mass is 10.1. The van der Waals surface area contributed by atoms with Crippen molar-refractivity contribution in [2.24, 2.45) is 0 Å². The molecule has 0 saturated heterocycles. The number of nitrogens with two attached hydrogens (primary N) is 1. The van der Waals surface area contributed by atoms with Gasteiger partial charge in [-0.2, -0.15) is 0 Å². The average molecular weight is 540 g/mol. The van der Waals surface area contributed by atoms with Gasteiger partial charge in [0.05, 0.1) is 21.8 Å². The van der Waals surface area contributed by atoms with Gasteiger partial charge in [-0.3, -0.25) is 4.79 Å². The summed E-state index contributed by atoms with van der Waals surface area (Å²) in [5, 5.41) is 5.24. The number of hydrogen-bond donors (Lipinski definition) is 2. The van der Waals surface area contributed by atoms with E-state index in [1.54, 1.807) is 37.3 Å². The molecule has 0 aliphatic heterocycles. The summed E-state index contributed by atoms with van der Waals surface area (Å²) in [6.07, 6.45) is 2.53. The van der Waals surface area contributed by atoms with Crippen molar-refractivity contribution in [2.45, 2.75) is 25.3 Å². The van der Waals surface area contributed by atoms with Gasteiger partial charge in [0.1, 0.15) is 18.2 Å². The number of carbonyl (C=O) groups excluding carboxylic acids is 2. The number of amides is 1. The summed E-state index contributed by atoms with van der Waals surface area (Å²) in [5.74, 6) is 0.0335. The molecular weight excluding hydrogens is 514 g/mol. The fraction of sp³-hybridized carbons (Fsp3) is 0.192. The van der Waals surface area contributed by atoms with Gasteiger partial charge in [0.25, 0.3) is 5.91 Å². The number of nitrogen functional groups attached to an aromatic ring is 1. The van der Waals surface area contributed by atoms with E-state index in [1.807, 2.05) is 12.3 Å². The highest BCUT2D eigenvalue weighted by atomic mass is 32.2. The number of carbonyl (C=O) groups is 2. The molecule has 0 saturated carbocycles. The predicted octanol–water partition coefficient (Wildman–Crippen LogP) is 4.60. The molecule has 0 radical (unpaired) electrons. The van der Waals surface area contributed by atoms with Gasteiger partial charge in [0, 0.05) is 34.7 Å². The zero-order valence-electron chi connectivity index (χ0n) is 20.4. The van der Waals surface area contributed by atoms with Crippen LogP contribution in [-0.2, 0) is 21.2 Å². The van der Waals surface area contributed by atoms with Gasteiger partial charge in [-0.05, 0) is 61.2 Å². The largest absolute Gasteiger partial charge is 0.489 e. The number of rotatable bonds is 8. The van der Waals surface area contributed by atoms with E-state index in [0.29, 0.717) is 38.5 Å². The van der Waals surface area contributed by atoms with Crippen molar-refractivity contribution in [3.05, 3.63) is 76.3 Å². The van der Waals surface area contributed by atoms with Crippen LogP contribution in [0.1, 0.15) is 38.8 Å². The number of aromatic nitrogens is 1. The zero-order chi connectivity index (χ0) is 26.7. The maximum Gasteiger partial charge on any atom is 0.341 e. The first-order valence-corrected chi connectivity index (χ1v) is 14.0. The van der Waals surface area contributed by atoms with Crippen molar-refractivity contribution in [3.8, 4) is 5.75 Å². The van der Waals surface area contributed by atoms with E-state index < -0.39 is 15.8 Å². The summed E-state index contributed by atoms with van der Waals surface area (Å²) in [4.78, 5) is 29.3. The number of thiophene rings is 1. The minimum absolute atomic E-state index is 0.122. The molecule has 4 aromatic rings. The summed E-state index contributed by atoms with van der Waals surface area (Å²) in [6.45, 7) is 3.99. The molecular formula is C26H25N3O6S2. The second-order valence-electron chi connectivity index (χ2n) is 8.27. The van der Waals surface area contributed by atoms with E-state index >= 15 is 0 Å². The van der Waals surface area contributed by atoms with Crippen molar-refractivity contribution in [1.82, 2.24) is 4.98 Å². The fourth-order valence-electron chi connectivity index (χ4n) is 3.71. The summed E-state index contributed by atoms with van der Waals surface area (Å²) in [5.41, 5.74) is 8.74. The van der Waals surface area contributed by atoms with Crippen LogP contribution in [0.4, 0.5) is 11.5 Å². The van der Waals surface area contributed by atoms with Crippen LogP contribution in [0.15, 0.2) is 58.9 Å². The van der Waals surface area contributed by atoms with Crippen molar-refractivity contribution in [1.29, 1.82) is 0 Å². The van der Waals surface area contributed by atoms with Gasteiger partial charge in [-0.15, -0.1) is 11.3 Å². The number of sulfone groups is 1. The van der Waals surface area contributed by atoms with E-state index in [1.165, 1.54) is 29.7 Å². The molecule has 2 aromatic heterocycles. The van der Waals surface area contributed by atoms with Crippen molar-refractivity contribution < 1.29 is 27.5 Å². The maximum absolute atomic E-state index is 12.7. The predicted molar refractivity (Wildman–Crippen MR) is 143 cm³/mol. The highest BCUT2D eigenvalue weighted by molar-refractivity contribution is 7.90. The Morgan fingerprint density at radius 1 is 1.16 bits per heavy atom. The monoisotopic (exact) mass is 539 g/mol. The first kappa shape index (κ1) is 26.1. The van der Waals surface area contributed by atoms with Crippen LogP contribution in [0.3, 0.4) is 0 Å². The van der Waals surface area contributed by atoms with Crippen LogP contribution >= 0.6 is 11.3 Å². The Bertz CT molecular complexity index is 1610. The molecule has 0 atom stereocenters. The van der Waals surface area contributed by atoms with E-state index in [9.17, 15) is 18.0 Å². The Morgan fingerprint density at radius 2 is 1.95 bits per heavy atom. The molecule has 0 aliphatic carbocycles. The van der Waals surface area contributed by atoms with Gasteiger partial charge >= 0.3 is 5.97 Å². The molecule has 9 nitrogen and oxygen atoms in total. The minimum atomic E-state index is -3.39. The van der Waals surface area contributed by atoms with Crippen molar-refractivity contribution >= 4 is 54.6 Å². The number of pyridine rings is 1. The third-order valence-electron chi connectivity index (χ3n) is 5.54. The zero-order valence-corrected chi connectivity index (χ0v) is 22.0. The van der Waals surface area contributed by atoms with Crippen LogP contribution in [0, 0.1) is 6.92 Å². The quantitative estimate of drug-likeness (QED) is 0.310. The second-order valence-corrected chi connectivity index (χ2v) is 11.2. The van der Waals surface area contributed by atoms with Crippen LogP contribution in [0.2, 0.25) is 0 Å². The molecule has 3 N–H and O–H groups in total. The molecule has 0 bridgehead atoms. The van der Waals surface area contributed by atoms with Gasteiger partial charge in [-0.25, -0.2) is 18.2 Å². The molecule has 2 aromatic carbocycles. The highest BCUT2D eigenvalue weighted by Crippen LogP contribution is 2.34. The van der Waals surface area contributed by atoms with E-state index in [4.69, 9.17) is 15.2 Å². The summed E-state index contributed by atoms with van der Waals surface area (Å²) in [6, 6.07) is 11.1. The van der Waals surface area contributed by atoms with Crippen LogP contribution in [0.25, 0.3) is 10.1 Å². The molecule has 0 fully saturated rings. The number of benzene rings is 2. The lowest BCUT2D eigenvalue weighted by molar-refractivity contribution is 0.0528. The Morgan fingerprint density at radius 3 is 2.65 bits per heavy atom. The Hall–Kier alpha value is -3.96. The van der Waals surface area contributed by atoms with Crippen LogP contribution < -0.4 is 15.8 Å². The lowest BCUT2D eigenvalue weighted by Crippen LogP contribution is -2.12. The van der Waals surface area contributed by atoms with E-state index in [-0.39, 0.29) is 24.0 Å². The second kappa shape index (κ2) is 10.6. The minimum Gasteiger partial charge on any atom is -0.489 e. The molecule has 0 aliphatic rings. The van der Waals surface area contributed by atoms with Gasteiger partial charge in [0.2, 0.25) is 0 Å². The number of nitrogens with zero attached hydrogens (tertiary/aromatic N) is 1. The number of esters is 1. The fourth-order valence-corrected chi connectivity index (χ4v) is 5.44. The summed E-state index contributed by atoms with van der Waals surface area (Å²) >= 11 is 1.37. The number of anilines is 2. The lowest BCUT2D eigenvalue weighted by Gasteiger charge is -2.12. The summed E-state index contributed by atoms with van der Waals surface area (Å²) < 4.78 is 35.4. The molecule has 37 heavy (non-hydrogen) atoms. The smallest absolute Gasteiger partial charge is 0.341 e. The normalized spacial score (nSPS) is 11.3. The van der Waals surface area contributed by atoms with Gasteiger partial charge in [0.15, 0.2) is 9.84 Å². The Balaban J connectivity index is 1.50. The molecule has 4 rings (SSSR count). The third-order valence-corrected chi connectivity index (χ3v) is 7.71. The number of fused-ring (bicyclic) bond motifs is 1. The number of aryl methyl sites for hydroxylation is 1. The number of hydrogen-bond acceptors (Lipinski definition) is 9. The van der Waals surface area contributed by atoms with Gasteiger partial charge in [-0.1, -0.05) is 6.07 Å². The van der Waals surface area contributed by atoms with E-state index in [2.05, 4.69) is 10.3 Å². The Labute approximate surface area is 218 Å². The maximum atomic E-state index is 12.7. The van der Waals surface area contributed by atoms with Crippen LogP contribution in [0.5, 0.6) is 5.75 Å². The SMILES string of the molecule is CCOC(=O)c1cnc(N)c2c(COc3ccc(C(=O)Nc4cccc(S(C)(=O)=O)c4)cc3C)csc12. The molecule has 11 heteroatoms. The first-order valence-electron chi connectivity index (χ1n) is 11.2. The topological polar surface area (TPSA) is 138 Å². The third kappa shape index (κ3) is 5.73. The molecule has 1 amide bonds. The van der Waals surface area contributed by atoms with Gasteiger partial charge < -0.3 is 20.5 Å². The average Bonchev–Trinajstić information content (AvgIpc) is 3.28. The first-order chi connectivity index (χ1) is 17.6. The molecule has 2 heterocycles. The highest BCUT2D eigenvalue weighted by Gasteiger charge is 2.19. The molecule has 0 spiro atoms.